The minimum atomic E-state index is -0.899. The molecule has 0 spiro atoms. The first-order valence-electron chi connectivity index (χ1n) is 14.6. The quantitative estimate of drug-likeness (QED) is 0.294. The average Bonchev–Trinajstić information content (AvgIpc) is 3.36. The van der Waals surface area contributed by atoms with E-state index in [-0.39, 0.29) is 10.8 Å². The third-order valence-corrected chi connectivity index (χ3v) is 12.6. The van der Waals surface area contributed by atoms with Gasteiger partial charge in [0.15, 0.2) is 0 Å². The summed E-state index contributed by atoms with van der Waals surface area (Å²) in [5.74, 6) is 1.96. The molecular weight excluding hydrogens is 510 g/mol. The van der Waals surface area contributed by atoms with Gasteiger partial charge in [-0.2, -0.15) is 0 Å². The maximum atomic E-state index is 7.12. The third-order valence-electron chi connectivity index (χ3n) is 7.44. The minimum absolute atomic E-state index is 0.0547. The lowest BCUT2D eigenvalue weighted by Crippen LogP contribution is -2.29. The Morgan fingerprint density at radius 2 is 0.789 bits per heavy atom. The molecule has 2 saturated heterocycles. The van der Waals surface area contributed by atoms with Crippen molar-refractivity contribution in [3.05, 3.63) is 23.3 Å². The summed E-state index contributed by atoms with van der Waals surface area (Å²) in [5.41, 5.74) is 2.41. The summed E-state index contributed by atoms with van der Waals surface area (Å²) >= 11 is 0. The fourth-order valence-electron chi connectivity index (χ4n) is 5.14. The van der Waals surface area contributed by atoms with Crippen LogP contribution in [0.5, 0.6) is 11.5 Å². The van der Waals surface area contributed by atoms with Crippen LogP contribution in [0.4, 0.5) is 0 Å². The predicted molar refractivity (Wildman–Crippen MR) is 166 cm³/mol. The second kappa shape index (κ2) is 12.2. The molecule has 0 unspecified atom stereocenters. The lowest BCUT2D eigenvalue weighted by atomic mass is 9.80. The number of rotatable bonds is 8. The molecule has 2 aliphatic rings. The maximum Gasteiger partial charge on any atom is 0.248 e. The Morgan fingerprint density at radius 1 is 0.526 bits per heavy atom. The monoisotopic (exact) mass is 566 g/mol. The van der Waals surface area contributed by atoms with Crippen LogP contribution in [-0.4, -0.2) is 69.0 Å². The van der Waals surface area contributed by atoms with E-state index < -0.39 is 16.9 Å². The van der Waals surface area contributed by atoms with E-state index in [1.165, 1.54) is 11.1 Å². The van der Waals surface area contributed by atoms with E-state index in [9.17, 15) is 0 Å². The minimum Gasteiger partial charge on any atom is -0.444 e. The normalized spacial score (nSPS) is 20.3. The fraction of sp³-hybridized carbons (Fsp3) is 0.800. The third kappa shape index (κ3) is 7.04. The highest BCUT2D eigenvalue weighted by Gasteiger charge is 2.42. The van der Waals surface area contributed by atoms with E-state index >= 15 is 0 Å². The van der Waals surface area contributed by atoms with Gasteiger partial charge < -0.3 is 9.05 Å². The van der Waals surface area contributed by atoms with Gasteiger partial charge in [0, 0.05) is 67.5 Å². The maximum absolute atomic E-state index is 7.12. The second-order valence-electron chi connectivity index (χ2n) is 14.1. The zero-order chi connectivity index (χ0) is 28.7. The van der Waals surface area contributed by atoms with Crippen molar-refractivity contribution in [2.45, 2.75) is 132 Å². The van der Waals surface area contributed by atoms with Crippen LogP contribution < -0.4 is 9.05 Å². The number of hydrogen-bond acceptors (Lipinski definition) is 6. The Labute approximate surface area is 237 Å². The van der Waals surface area contributed by atoms with E-state index in [4.69, 9.17) is 9.05 Å². The van der Waals surface area contributed by atoms with E-state index in [2.05, 4.69) is 128 Å². The highest BCUT2D eigenvalue weighted by atomic mass is 31.2. The van der Waals surface area contributed by atoms with Crippen molar-refractivity contribution in [2.75, 3.05) is 26.2 Å². The van der Waals surface area contributed by atoms with Gasteiger partial charge in [0.25, 0.3) is 0 Å². The SMILES string of the molecule is CC(C)N1CCN(C(C)C)P1Oc1cc(OP2N(C(C)C)CCN2C(C)C)c(C(C)(C)C)cc1C(C)(C)C. The summed E-state index contributed by atoms with van der Waals surface area (Å²) in [5, 5.41) is 0. The van der Waals surface area contributed by atoms with Crippen LogP contribution in [0.15, 0.2) is 12.1 Å². The van der Waals surface area contributed by atoms with Crippen molar-refractivity contribution in [1.29, 1.82) is 0 Å². The van der Waals surface area contributed by atoms with Gasteiger partial charge in [0.05, 0.1) is 0 Å². The average molecular weight is 567 g/mol. The predicted octanol–water partition coefficient (Wildman–Crippen LogP) is 8.36. The summed E-state index contributed by atoms with van der Waals surface area (Å²) in [7, 11) is -1.80. The summed E-state index contributed by atoms with van der Waals surface area (Å²) in [6, 6.07) is 6.39. The van der Waals surface area contributed by atoms with Crippen molar-refractivity contribution in [3.63, 3.8) is 0 Å². The number of benzene rings is 1. The molecule has 0 saturated carbocycles. The molecule has 8 heteroatoms. The van der Waals surface area contributed by atoms with Gasteiger partial charge in [-0.15, -0.1) is 0 Å². The summed E-state index contributed by atoms with van der Waals surface area (Å²) in [4.78, 5) is 0. The van der Waals surface area contributed by atoms with Crippen LogP contribution >= 0.6 is 16.9 Å². The Bertz CT molecular complexity index is 836. The smallest absolute Gasteiger partial charge is 0.248 e. The van der Waals surface area contributed by atoms with Crippen molar-refractivity contribution < 1.29 is 9.05 Å². The fourth-order valence-corrected chi connectivity index (χ4v) is 9.43. The molecule has 38 heavy (non-hydrogen) atoms. The standard InChI is InChI=1S/C30H56N4O2P2/c1-21(2)31-15-16-32(22(3)4)37(31)35-27-20-28(26(30(12,13)14)19-25(27)29(9,10)11)36-38-33(23(5)6)17-18-34(38)24(7)8/h19-24H,15-18H2,1-14H3. The van der Waals surface area contributed by atoms with Crippen molar-refractivity contribution >= 4 is 16.9 Å². The molecule has 6 nitrogen and oxygen atoms in total. The molecule has 0 aliphatic carbocycles. The van der Waals surface area contributed by atoms with E-state index in [0.29, 0.717) is 24.2 Å². The summed E-state index contributed by atoms with van der Waals surface area (Å²) in [6.45, 7) is 36.3. The second-order valence-corrected chi connectivity index (χ2v) is 17.5. The Morgan fingerprint density at radius 3 is 1.00 bits per heavy atom. The molecule has 1 aromatic carbocycles. The van der Waals surface area contributed by atoms with Crippen LogP contribution in [0.2, 0.25) is 0 Å². The largest absolute Gasteiger partial charge is 0.444 e. The van der Waals surface area contributed by atoms with Crippen molar-refractivity contribution in [2.24, 2.45) is 0 Å². The van der Waals surface area contributed by atoms with Gasteiger partial charge in [-0.25, -0.2) is 18.7 Å². The van der Waals surface area contributed by atoms with Gasteiger partial charge in [0.1, 0.15) is 11.5 Å². The summed E-state index contributed by atoms with van der Waals surface area (Å²) in [6.07, 6.45) is 0. The molecule has 2 fully saturated rings. The molecular formula is C30H56N4O2P2. The molecule has 2 aliphatic heterocycles. The highest BCUT2D eigenvalue weighted by molar-refractivity contribution is 7.48. The van der Waals surface area contributed by atoms with Crippen LogP contribution in [0.1, 0.15) is 108 Å². The van der Waals surface area contributed by atoms with Gasteiger partial charge in [-0.1, -0.05) is 41.5 Å². The molecule has 0 atom stereocenters. The Kier molecular flexibility index (Phi) is 10.3. The van der Waals surface area contributed by atoms with E-state index in [0.717, 1.165) is 37.7 Å². The molecule has 218 valence electrons. The molecule has 0 radical (unpaired) electrons. The van der Waals surface area contributed by atoms with Crippen LogP contribution in [0.3, 0.4) is 0 Å². The molecule has 2 heterocycles. The van der Waals surface area contributed by atoms with Gasteiger partial charge in [0.2, 0.25) is 16.9 Å². The lowest BCUT2D eigenvalue weighted by molar-refractivity contribution is 0.370. The molecule has 0 aromatic heterocycles. The van der Waals surface area contributed by atoms with Crippen molar-refractivity contribution in [1.82, 2.24) is 18.7 Å². The molecule has 0 bridgehead atoms. The molecule has 0 N–H and O–H groups in total. The van der Waals surface area contributed by atoms with E-state index in [1.54, 1.807) is 0 Å². The van der Waals surface area contributed by atoms with E-state index in [1.807, 2.05) is 0 Å². The molecule has 3 rings (SSSR count). The van der Waals surface area contributed by atoms with Crippen LogP contribution in [0.25, 0.3) is 0 Å². The number of hydrogen-bond donors (Lipinski definition) is 0. The first kappa shape index (κ1) is 32.0. The summed E-state index contributed by atoms with van der Waals surface area (Å²) < 4.78 is 24.4. The molecule has 1 aromatic rings. The zero-order valence-corrected chi connectivity index (χ0v) is 28.6. The first-order chi connectivity index (χ1) is 17.4. The Balaban J connectivity index is 2.15. The number of nitrogens with zero attached hydrogens (tertiary/aromatic N) is 4. The van der Waals surface area contributed by atoms with Gasteiger partial charge >= 0.3 is 0 Å². The van der Waals surface area contributed by atoms with Gasteiger partial charge in [-0.3, -0.25) is 0 Å². The first-order valence-corrected chi connectivity index (χ1v) is 17.0. The Hall–Kier alpha value is -0.480. The van der Waals surface area contributed by atoms with Crippen molar-refractivity contribution in [3.8, 4) is 11.5 Å². The highest BCUT2D eigenvalue weighted by Crippen LogP contribution is 2.57. The molecule has 0 amide bonds. The zero-order valence-electron chi connectivity index (χ0n) is 26.8. The topological polar surface area (TPSA) is 31.4 Å². The van der Waals surface area contributed by atoms with Gasteiger partial charge in [-0.05, 0) is 72.3 Å². The van der Waals surface area contributed by atoms with Crippen LogP contribution in [-0.2, 0) is 10.8 Å². The lowest BCUT2D eigenvalue weighted by Gasteiger charge is -2.37. The van der Waals surface area contributed by atoms with Crippen LogP contribution in [0, 0.1) is 0 Å².